The molecule has 1 unspecified atom stereocenters. The first-order valence-electron chi connectivity index (χ1n) is 8.25. The average Bonchev–Trinajstić information content (AvgIpc) is 2.68. The van der Waals surface area contributed by atoms with Crippen molar-refractivity contribution < 1.29 is 13.3 Å². The van der Waals surface area contributed by atoms with Crippen LogP contribution in [0.1, 0.15) is 22.7 Å². The molecule has 0 spiro atoms. The van der Waals surface area contributed by atoms with Gasteiger partial charge in [0.1, 0.15) is 0 Å². The maximum Gasteiger partial charge on any atom is 0.269 e. The Kier molecular flexibility index (Phi) is 5.34. The lowest BCUT2D eigenvalue weighted by molar-refractivity contribution is -0.384. The fourth-order valence-electron chi connectivity index (χ4n) is 2.70. The molecule has 3 rings (SSSR count). The van der Waals surface area contributed by atoms with Gasteiger partial charge < -0.3 is 0 Å². The van der Waals surface area contributed by atoms with E-state index >= 15 is 0 Å². The molecular formula is C20H18N2O4S. The lowest BCUT2D eigenvalue weighted by atomic mass is 9.99. The predicted molar refractivity (Wildman–Crippen MR) is 103 cm³/mol. The number of nitrogens with zero attached hydrogens (tertiary/aromatic N) is 1. The highest BCUT2D eigenvalue weighted by molar-refractivity contribution is 7.89. The molecule has 1 N–H and O–H groups in total. The lowest BCUT2D eigenvalue weighted by Crippen LogP contribution is -2.29. The third-order valence-corrected chi connectivity index (χ3v) is 5.61. The number of benzene rings is 3. The van der Waals surface area contributed by atoms with Gasteiger partial charge in [-0.05, 0) is 30.2 Å². The van der Waals surface area contributed by atoms with Crippen molar-refractivity contribution in [2.75, 3.05) is 0 Å². The van der Waals surface area contributed by atoms with Gasteiger partial charge in [-0.15, -0.1) is 0 Å². The zero-order chi connectivity index (χ0) is 19.4. The number of nitro benzene ring substituents is 1. The smallest absolute Gasteiger partial charge is 0.258 e. The molecule has 0 saturated carbocycles. The SMILES string of the molecule is Cc1ccc(C(NS(=O)(=O)c2ccc([N+](=O)[O-])cc2)c2ccccc2)cc1. The van der Waals surface area contributed by atoms with E-state index in [1.807, 2.05) is 61.5 Å². The van der Waals surface area contributed by atoms with E-state index in [1.54, 1.807) is 0 Å². The number of nitro groups is 1. The predicted octanol–water partition coefficient (Wildman–Crippen LogP) is 3.97. The van der Waals surface area contributed by atoms with Crippen LogP contribution in [0.4, 0.5) is 5.69 Å². The summed E-state index contributed by atoms with van der Waals surface area (Å²) >= 11 is 0. The average molecular weight is 382 g/mol. The zero-order valence-electron chi connectivity index (χ0n) is 14.6. The molecule has 0 aliphatic rings. The Hall–Kier alpha value is -3.03. The van der Waals surface area contributed by atoms with Crippen molar-refractivity contribution in [2.45, 2.75) is 17.9 Å². The first kappa shape index (κ1) is 18.8. The highest BCUT2D eigenvalue weighted by atomic mass is 32.2. The van der Waals surface area contributed by atoms with Gasteiger partial charge in [-0.2, -0.15) is 4.72 Å². The molecule has 0 aliphatic carbocycles. The number of hydrogen-bond donors (Lipinski definition) is 1. The van der Waals surface area contributed by atoms with Gasteiger partial charge in [0.05, 0.1) is 15.9 Å². The third-order valence-electron chi connectivity index (χ3n) is 4.17. The standard InChI is InChI=1S/C20H18N2O4S/c1-15-7-9-17(10-8-15)20(16-5-3-2-4-6-16)21-27(25,26)19-13-11-18(12-14-19)22(23)24/h2-14,20-21H,1H3. The largest absolute Gasteiger partial charge is 0.269 e. The van der Waals surface area contributed by atoms with Crippen molar-refractivity contribution in [1.82, 2.24) is 4.72 Å². The summed E-state index contributed by atoms with van der Waals surface area (Å²) in [5.41, 5.74) is 2.51. The fourth-order valence-corrected chi connectivity index (χ4v) is 3.92. The quantitative estimate of drug-likeness (QED) is 0.516. The molecule has 0 aliphatic heterocycles. The van der Waals surface area contributed by atoms with Crippen LogP contribution in [0.2, 0.25) is 0 Å². The van der Waals surface area contributed by atoms with Crippen LogP contribution in [0, 0.1) is 17.0 Å². The molecule has 1 atom stereocenters. The summed E-state index contributed by atoms with van der Waals surface area (Å²) in [6.07, 6.45) is 0. The van der Waals surface area contributed by atoms with E-state index in [0.29, 0.717) is 0 Å². The Morgan fingerprint density at radius 3 is 1.96 bits per heavy atom. The topological polar surface area (TPSA) is 89.3 Å². The minimum atomic E-state index is -3.88. The number of aryl methyl sites for hydroxylation is 1. The molecule has 0 fully saturated rings. The molecule has 27 heavy (non-hydrogen) atoms. The van der Waals surface area contributed by atoms with E-state index in [9.17, 15) is 18.5 Å². The normalized spacial score (nSPS) is 12.5. The molecule has 138 valence electrons. The molecule has 0 aromatic heterocycles. The Morgan fingerprint density at radius 1 is 0.852 bits per heavy atom. The second-order valence-electron chi connectivity index (χ2n) is 6.13. The fraction of sp³-hybridized carbons (Fsp3) is 0.100. The second-order valence-corrected chi connectivity index (χ2v) is 7.84. The van der Waals surface area contributed by atoms with Crippen molar-refractivity contribution in [3.8, 4) is 0 Å². The summed E-state index contributed by atoms with van der Waals surface area (Å²) in [5, 5.41) is 10.8. The van der Waals surface area contributed by atoms with Crippen LogP contribution in [0.5, 0.6) is 0 Å². The van der Waals surface area contributed by atoms with E-state index in [2.05, 4.69) is 4.72 Å². The van der Waals surface area contributed by atoms with Gasteiger partial charge in [-0.25, -0.2) is 8.42 Å². The van der Waals surface area contributed by atoms with Crippen molar-refractivity contribution in [1.29, 1.82) is 0 Å². The van der Waals surface area contributed by atoms with Crippen LogP contribution in [0.3, 0.4) is 0 Å². The van der Waals surface area contributed by atoms with E-state index in [0.717, 1.165) is 16.7 Å². The Morgan fingerprint density at radius 2 is 1.41 bits per heavy atom. The minimum absolute atomic E-state index is 0.0267. The van der Waals surface area contributed by atoms with Crippen LogP contribution < -0.4 is 4.72 Å². The van der Waals surface area contributed by atoms with Crippen LogP contribution in [-0.2, 0) is 10.0 Å². The number of rotatable bonds is 6. The third kappa shape index (κ3) is 4.39. The molecule has 3 aromatic rings. The summed E-state index contributed by atoms with van der Waals surface area (Å²) in [7, 11) is -3.88. The molecule has 0 radical (unpaired) electrons. The lowest BCUT2D eigenvalue weighted by Gasteiger charge is -2.20. The first-order valence-corrected chi connectivity index (χ1v) is 9.73. The molecule has 7 heteroatoms. The maximum atomic E-state index is 12.9. The van der Waals surface area contributed by atoms with E-state index in [1.165, 1.54) is 24.3 Å². The van der Waals surface area contributed by atoms with E-state index in [4.69, 9.17) is 0 Å². The molecule has 0 bridgehead atoms. The summed E-state index contributed by atoms with van der Waals surface area (Å²) in [6, 6.07) is 21.1. The summed E-state index contributed by atoms with van der Waals surface area (Å²) < 4.78 is 28.4. The summed E-state index contributed by atoms with van der Waals surface area (Å²) in [4.78, 5) is 10.2. The van der Waals surface area contributed by atoms with Gasteiger partial charge in [-0.3, -0.25) is 10.1 Å². The summed E-state index contributed by atoms with van der Waals surface area (Å²) in [6.45, 7) is 1.96. The highest BCUT2D eigenvalue weighted by Gasteiger charge is 2.23. The number of sulfonamides is 1. The minimum Gasteiger partial charge on any atom is -0.258 e. The Balaban J connectivity index is 1.98. The number of nitrogens with one attached hydrogen (secondary N) is 1. The molecule has 3 aromatic carbocycles. The van der Waals surface area contributed by atoms with E-state index < -0.39 is 21.0 Å². The van der Waals surface area contributed by atoms with Crippen molar-refractivity contribution in [2.24, 2.45) is 0 Å². The first-order chi connectivity index (χ1) is 12.9. The monoisotopic (exact) mass is 382 g/mol. The van der Waals surface area contributed by atoms with Gasteiger partial charge >= 0.3 is 0 Å². The summed E-state index contributed by atoms with van der Waals surface area (Å²) in [5.74, 6) is 0. The molecular weight excluding hydrogens is 364 g/mol. The zero-order valence-corrected chi connectivity index (χ0v) is 15.4. The van der Waals surface area contributed by atoms with Gasteiger partial charge in [-0.1, -0.05) is 60.2 Å². The molecule has 0 saturated heterocycles. The Bertz CT molecular complexity index is 1030. The number of non-ortho nitro benzene ring substituents is 1. The maximum absolute atomic E-state index is 12.9. The van der Waals surface area contributed by atoms with Gasteiger partial charge in [0, 0.05) is 12.1 Å². The van der Waals surface area contributed by atoms with Gasteiger partial charge in [0.25, 0.3) is 5.69 Å². The molecule has 0 amide bonds. The Labute approximate surface area is 157 Å². The van der Waals surface area contributed by atoms with Crippen molar-refractivity contribution in [3.05, 3.63) is 106 Å². The van der Waals surface area contributed by atoms with Crippen LogP contribution in [-0.4, -0.2) is 13.3 Å². The van der Waals surface area contributed by atoms with E-state index in [-0.39, 0.29) is 10.6 Å². The molecule has 0 heterocycles. The second kappa shape index (κ2) is 7.69. The molecule has 6 nitrogen and oxygen atoms in total. The highest BCUT2D eigenvalue weighted by Crippen LogP contribution is 2.25. The van der Waals surface area contributed by atoms with Crippen molar-refractivity contribution in [3.63, 3.8) is 0 Å². The van der Waals surface area contributed by atoms with Crippen molar-refractivity contribution >= 4 is 15.7 Å². The number of hydrogen-bond acceptors (Lipinski definition) is 4. The van der Waals surface area contributed by atoms with Crippen LogP contribution >= 0.6 is 0 Å². The van der Waals surface area contributed by atoms with Crippen LogP contribution in [0.25, 0.3) is 0 Å². The van der Waals surface area contributed by atoms with Gasteiger partial charge in [0.15, 0.2) is 0 Å². The van der Waals surface area contributed by atoms with Gasteiger partial charge in [0.2, 0.25) is 10.0 Å². The van der Waals surface area contributed by atoms with Crippen LogP contribution in [0.15, 0.2) is 83.8 Å².